The lowest BCUT2D eigenvalue weighted by atomic mass is 10.1. The Labute approximate surface area is 179 Å². The van der Waals surface area contributed by atoms with Gasteiger partial charge in [0.1, 0.15) is 23.4 Å². The summed E-state index contributed by atoms with van der Waals surface area (Å²) in [5.74, 6) is -0.398. The molecule has 0 spiro atoms. The summed E-state index contributed by atoms with van der Waals surface area (Å²) in [6.07, 6.45) is -1.37. The number of carbonyl (C=O) groups is 1. The van der Waals surface area contributed by atoms with E-state index in [0.29, 0.717) is 17.1 Å². The largest absolute Gasteiger partial charge is 0.416 e. The Kier molecular flexibility index (Phi) is 5.81. The zero-order chi connectivity index (χ0) is 21.8. The van der Waals surface area contributed by atoms with Gasteiger partial charge in [-0.3, -0.25) is 4.79 Å². The standard InChI is InChI=1S/C21H16F3N5OS/c22-21(23,24)17-7-3-6-14(8-17)20-28-18(11-31-20)19(30)26-9-15-4-1-2-5-16(15)10-29-13-25-12-27-29/h1-8,11-13H,9-10H2,(H,26,30). The van der Waals surface area contributed by atoms with Gasteiger partial charge in [-0.15, -0.1) is 11.3 Å². The van der Waals surface area contributed by atoms with Gasteiger partial charge in [0.05, 0.1) is 12.1 Å². The molecule has 158 valence electrons. The van der Waals surface area contributed by atoms with Gasteiger partial charge in [0, 0.05) is 17.5 Å². The number of nitrogens with zero attached hydrogens (tertiary/aromatic N) is 4. The number of hydrogen-bond donors (Lipinski definition) is 1. The summed E-state index contributed by atoms with van der Waals surface area (Å²) < 4.78 is 40.5. The van der Waals surface area contributed by atoms with Crippen LogP contribution in [0.5, 0.6) is 0 Å². The number of hydrogen-bond acceptors (Lipinski definition) is 5. The van der Waals surface area contributed by atoms with Crippen LogP contribution < -0.4 is 5.32 Å². The van der Waals surface area contributed by atoms with E-state index in [9.17, 15) is 18.0 Å². The van der Waals surface area contributed by atoms with Crippen molar-refractivity contribution in [3.63, 3.8) is 0 Å². The van der Waals surface area contributed by atoms with Crippen LogP contribution >= 0.6 is 11.3 Å². The van der Waals surface area contributed by atoms with Gasteiger partial charge >= 0.3 is 6.18 Å². The van der Waals surface area contributed by atoms with E-state index in [-0.39, 0.29) is 12.2 Å². The number of benzene rings is 2. The molecule has 0 aliphatic carbocycles. The summed E-state index contributed by atoms with van der Waals surface area (Å²) in [5, 5.41) is 8.79. The van der Waals surface area contributed by atoms with Crippen LogP contribution in [-0.4, -0.2) is 25.7 Å². The summed E-state index contributed by atoms with van der Waals surface area (Å²) in [7, 11) is 0. The molecular formula is C21H16F3N5OS. The van der Waals surface area contributed by atoms with Gasteiger partial charge in [0.25, 0.3) is 5.91 Å². The molecule has 1 N–H and O–H groups in total. The molecular weight excluding hydrogens is 427 g/mol. The first-order valence-electron chi connectivity index (χ1n) is 9.21. The van der Waals surface area contributed by atoms with Crippen LogP contribution in [0.25, 0.3) is 10.6 Å². The minimum absolute atomic E-state index is 0.158. The van der Waals surface area contributed by atoms with Crippen LogP contribution in [0.1, 0.15) is 27.2 Å². The summed E-state index contributed by atoms with van der Waals surface area (Å²) in [4.78, 5) is 20.7. The quantitative estimate of drug-likeness (QED) is 0.480. The summed E-state index contributed by atoms with van der Waals surface area (Å²) in [6, 6.07) is 12.5. The fourth-order valence-electron chi connectivity index (χ4n) is 2.98. The smallest absolute Gasteiger partial charge is 0.347 e. The maximum absolute atomic E-state index is 12.9. The molecule has 0 saturated heterocycles. The number of rotatable bonds is 6. The van der Waals surface area contributed by atoms with Crippen molar-refractivity contribution < 1.29 is 18.0 Å². The minimum atomic E-state index is -4.44. The Morgan fingerprint density at radius 1 is 1.10 bits per heavy atom. The van der Waals surface area contributed by atoms with Crippen molar-refractivity contribution in [2.24, 2.45) is 0 Å². The highest BCUT2D eigenvalue weighted by molar-refractivity contribution is 7.13. The summed E-state index contributed by atoms with van der Waals surface area (Å²) in [5.41, 5.74) is 1.62. The van der Waals surface area contributed by atoms with Crippen LogP contribution in [0.15, 0.2) is 66.6 Å². The van der Waals surface area contributed by atoms with Gasteiger partial charge in [0.15, 0.2) is 0 Å². The molecule has 0 fully saturated rings. The van der Waals surface area contributed by atoms with E-state index in [0.717, 1.165) is 34.6 Å². The molecule has 1 amide bonds. The number of thiazole rings is 1. The maximum Gasteiger partial charge on any atom is 0.416 e. The molecule has 2 aromatic heterocycles. The predicted octanol–water partition coefficient (Wildman–Crippen LogP) is 4.40. The molecule has 0 radical (unpaired) electrons. The Balaban J connectivity index is 1.45. The molecule has 2 heterocycles. The van der Waals surface area contributed by atoms with Crippen molar-refractivity contribution in [1.29, 1.82) is 0 Å². The molecule has 0 unspecified atom stereocenters. The van der Waals surface area contributed by atoms with E-state index in [1.807, 2.05) is 24.3 Å². The number of alkyl halides is 3. The van der Waals surface area contributed by atoms with Gasteiger partial charge in [-0.2, -0.15) is 18.3 Å². The van der Waals surface area contributed by atoms with Gasteiger partial charge in [-0.25, -0.2) is 14.6 Å². The monoisotopic (exact) mass is 443 g/mol. The number of halogens is 3. The Morgan fingerprint density at radius 2 is 1.90 bits per heavy atom. The molecule has 10 heteroatoms. The van der Waals surface area contributed by atoms with Crippen LogP contribution in [0.2, 0.25) is 0 Å². The third-order valence-corrected chi connectivity index (χ3v) is 5.42. The Bertz CT molecular complexity index is 1190. The van der Waals surface area contributed by atoms with E-state index < -0.39 is 17.6 Å². The molecule has 31 heavy (non-hydrogen) atoms. The van der Waals surface area contributed by atoms with E-state index in [1.54, 1.807) is 11.0 Å². The average molecular weight is 443 g/mol. The molecule has 0 aliphatic rings. The van der Waals surface area contributed by atoms with Gasteiger partial charge in [-0.05, 0) is 23.3 Å². The van der Waals surface area contributed by atoms with Crippen molar-refractivity contribution in [3.8, 4) is 10.6 Å². The lowest BCUT2D eigenvalue weighted by Gasteiger charge is -2.10. The number of amides is 1. The van der Waals surface area contributed by atoms with Crippen molar-refractivity contribution in [1.82, 2.24) is 25.1 Å². The highest BCUT2D eigenvalue weighted by Gasteiger charge is 2.30. The van der Waals surface area contributed by atoms with Crippen molar-refractivity contribution >= 4 is 17.2 Å². The van der Waals surface area contributed by atoms with Gasteiger partial charge in [-0.1, -0.05) is 36.4 Å². The van der Waals surface area contributed by atoms with E-state index in [1.165, 1.54) is 23.8 Å². The second kappa shape index (κ2) is 8.68. The Morgan fingerprint density at radius 3 is 2.65 bits per heavy atom. The SMILES string of the molecule is O=C(NCc1ccccc1Cn1cncn1)c1csc(-c2cccc(C(F)(F)F)c2)n1. The first-order valence-corrected chi connectivity index (χ1v) is 10.1. The molecule has 0 atom stereocenters. The highest BCUT2D eigenvalue weighted by atomic mass is 32.1. The third kappa shape index (κ3) is 4.97. The van der Waals surface area contributed by atoms with Gasteiger partial charge in [0.2, 0.25) is 0 Å². The first kappa shape index (κ1) is 20.7. The van der Waals surface area contributed by atoms with E-state index in [4.69, 9.17) is 0 Å². The lowest BCUT2D eigenvalue weighted by molar-refractivity contribution is -0.137. The number of carbonyl (C=O) groups excluding carboxylic acids is 1. The number of aromatic nitrogens is 4. The van der Waals surface area contributed by atoms with Crippen molar-refractivity contribution in [2.75, 3.05) is 0 Å². The highest BCUT2D eigenvalue weighted by Crippen LogP contribution is 2.33. The zero-order valence-corrected chi connectivity index (χ0v) is 16.8. The topological polar surface area (TPSA) is 72.7 Å². The molecule has 2 aromatic carbocycles. The van der Waals surface area contributed by atoms with Crippen molar-refractivity contribution in [2.45, 2.75) is 19.3 Å². The van der Waals surface area contributed by atoms with Crippen LogP contribution in [-0.2, 0) is 19.3 Å². The second-order valence-electron chi connectivity index (χ2n) is 6.66. The first-order chi connectivity index (χ1) is 14.9. The summed E-state index contributed by atoms with van der Waals surface area (Å²) >= 11 is 1.12. The minimum Gasteiger partial charge on any atom is -0.347 e. The maximum atomic E-state index is 12.9. The van der Waals surface area contributed by atoms with Crippen molar-refractivity contribution in [3.05, 3.63) is 88.9 Å². The predicted molar refractivity (Wildman–Crippen MR) is 109 cm³/mol. The van der Waals surface area contributed by atoms with Crippen LogP contribution in [0, 0.1) is 0 Å². The summed E-state index contributed by atoms with van der Waals surface area (Å²) in [6.45, 7) is 0.794. The second-order valence-corrected chi connectivity index (χ2v) is 7.52. The number of nitrogens with one attached hydrogen (secondary N) is 1. The van der Waals surface area contributed by atoms with Crippen LogP contribution in [0.4, 0.5) is 13.2 Å². The zero-order valence-electron chi connectivity index (χ0n) is 16.0. The Hall–Kier alpha value is -3.53. The van der Waals surface area contributed by atoms with E-state index >= 15 is 0 Å². The fourth-order valence-corrected chi connectivity index (χ4v) is 3.78. The van der Waals surface area contributed by atoms with Crippen LogP contribution in [0.3, 0.4) is 0 Å². The lowest BCUT2D eigenvalue weighted by Crippen LogP contribution is -2.24. The molecule has 4 rings (SSSR count). The molecule has 0 bridgehead atoms. The molecule has 6 nitrogen and oxygen atoms in total. The van der Waals surface area contributed by atoms with Gasteiger partial charge < -0.3 is 5.32 Å². The molecule has 4 aromatic rings. The normalized spacial score (nSPS) is 11.5. The molecule has 0 aliphatic heterocycles. The fraction of sp³-hybridized carbons (Fsp3) is 0.143. The average Bonchev–Trinajstić information content (AvgIpc) is 3.45. The van der Waals surface area contributed by atoms with E-state index in [2.05, 4.69) is 20.4 Å². The molecule has 0 saturated carbocycles. The third-order valence-electron chi connectivity index (χ3n) is 4.53.